The van der Waals surface area contributed by atoms with Crippen molar-refractivity contribution in [3.63, 3.8) is 0 Å². The highest BCUT2D eigenvalue weighted by atomic mass is 19.4. The zero-order valence-electron chi connectivity index (χ0n) is 16.6. The number of carbonyl (C=O) groups excluding carboxylic acids is 1. The van der Waals surface area contributed by atoms with E-state index < -0.39 is 53.2 Å². The Morgan fingerprint density at radius 1 is 0.824 bits per heavy atom. The first-order valence-electron chi connectivity index (χ1n) is 9.22. The van der Waals surface area contributed by atoms with E-state index in [2.05, 4.69) is 10.1 Å². The minimum absolute atomic E-state index is 0.0158. The number of aryl methyl sites for hydroxylation is 1. The quantitative estimate of drug-likeness (QED) is 0.417. The molecule has 0 fully saturated rings. The smallest absolute Gasteiger partial charge is 0.339 e. The van der Waals surface area contributed by atoms with Gasteiger partial charge in [-0.2, -0.15) is 44.5 Å². The van der Waals surface area contributed by atoms with Crippen molar-refractivity contribution in [2.75, 3.05) is 5.32 Å². The van der Waals surface area contributed by atoms with E-state index in [-0.39, 0.29) is 29.8 Å². The molecule has 0 aliphatic heterocycles. The molecular formula is C20H12F9N3O2. The fraction of sp³-hybridized carbons (Fsp3) is 0.250. The molecule has 3 rings (SSSR count). The average molecular weight is 497 g/mol. The highest BCUT2D eigenvalue weighted by molar-refractivity contribution is 5.91. The maximum atomic E-state index is 12.9. The number of aromatic nitrogens is 2. The van der Waals surface area contributed by atoms with E-state index >= 15 is 0 Å². The van der Waals surface area contributed by atoms with Gasteiger partial charge in [0.15, 0.2) is 0 Å². The van der Waals surface area contributed by atoms with Crippen LogP contribution in [-0.4, -0.2) is 16.0 Å². The highest BCUT2D eigenvalue weighted by Crippen LogP contribution is 2.37. The molecule has 1 heterocycles. The average Bonchev–Trinajstić information content (AvgIpc) is 3.19. The molecule has 5 nitrogen and oxygen atoms in total. The lowest BCUT2D eigenvalue weighted by Crippen LogP contribution is -2.16. The molecule has 1 N–H and O–H groups in total. The maximum Gasteiger partial charge on any atom is 0.416 e. The van der Waals surface area contributed by atoms with Gasteiger partial charge in [-0.05, 0) is 30.3 Å². The summed E-state index contributed by atoms with van der Waals surface area (Å²) in [6, 6.07) is 4.68. The third-order valence-corrected chi connectivity index (χ3v) is 4.35. The maximum absolute atomic E-state index is 12.9. The second-order valence-electron chi connectivity index (χ2n) is 6.93. The number of rotatable bonds is 5. The van der Waals surface area contributed by atoms with Gasteiger partial charge in [-0.25, -0.2) is 0 Å². The molecule has 2 aromatic carbocycles. The SMILES string of the molecule is O=C(CCc1nc(-c2cccc(C(F)(F)F)c2)no1)Nc1cc(C(F)(F)F)cc(C(F)(F)F)c1. The molecule has 0 unspecified atom stereocenters. The second kappa shape index (κ2) is 8.99. The van der Waals surface area contributed by atoms with E-state index in [0.717, 1.165) is 18.2 Å². The molecule has 0 saturated carbocycles. The summed E-state index contributed by atoms with van der Waals surface area (Å²) in [6.45, 7) is 0. The minimum atomic E-state index is -5.08. The number of hydrogen-bond acceptors (Lipinski definition) is 4. The number of carbonyl (C=O) groups is 1. The number of hydrogen-bond donors (Lipinski definition) is 1. The lowest BCUT2D eigenvalue weighted by molar-refractivity contribution is -0.143. The molecule has 0 aliphatic rings. The summed E-state index contributed by atoms with van der Waals surface area (Å²) in [6.07, 6.45) is -15.5. The van der Waals surface area contributed by atoms with E-state index in [1.807, 2.05) is 5.32 Å². The summed E-state index contributed by atoms with van der Waals surface area (Å²) in [4.78, 5) is 15.9. The van der Waals surface area contributed by atoms with Gasteiger partial charge < -0.3 is 9.84 Å². The zero-order valence-corrected chi connectivity index (χ0v) is 16.6. The van der Waals surface area contributed by atoms with Gasteiger partial charge in [-0.15, -0.1) is 0 Å². The lowest BCUT2D eigenvalue weighted by atomic mass is 10.1. The topological polar surface area (TPSA) is 68.0 Å². The van der Waals surface area contributed by atoms with E-state index in [4.69, 9.17) is 4.52 Å². The Hall–Kier alpha value is -3.58. The van der Waals surface area contributed by atoms with E-state index in [0.29, 0.717) is 12.1 Å². The third-order valence-electron chi connectivity index (χ3n) is 4.35. The van der Waals surface area contributed by atoms with Crippen molar-refractivity contribution < 1.29 is 48.8 Å². The summed E-state index contributed by atoms with van der Waals surface area (Å²) < 4.78 is 121. The van der Waals surface area contributed by atoms with Crippen LogP contribution in [0.25, 0.3) is 11.4 Å². The van der Waals surface area contributed by atoms with Crippen molar-refractivity contribution in [1.82, 2.24) is 10.1 Å². The number of nitrogens with one attached hydrogen (secondary N) is 1. The lowest BCUT2D eigenvalue weighted by Gasteiger charge is -2.14. The molecule has 1 aromatic heterocycles. The molecule has 14 heteroatoms. The van der Waals surface area contributed by atoms with Gasteiger partial charge >= 0.3 is 18.5 Å². The Kier molecular flexibility index (Phi) is 6.62. The Labute approximate surface area is 184 Å². The van der Waals surface area contributed by atoms with Crippen LogP contribution in [0.5, 0.6) is 0 Å². The number of alkyl halides is 9. The Bertz CT molecular complexity index is 1150. The van der Waals surface area contributed by atoms with Gasteiger partial charge in [-0.3, -0.25) is 4.79 Å². The van der Waals surface area contributed by atoms with Gasteiger partial charge in [0.2, 0.25) is 17.6 Å². The molecule has 0 bridgehead atoms. The number of anilines is 1. The molecule has 0 radical (unpaired) electrons. The van der Waals surface area contributed by atoms with Crippen LogP contribution in [0.15, 0.2) is 47.0 Å². The van der Waals surface area contributed by atoms with Gasteiger partial charge in [0.25, 0.3) is 0 Å². The summed E-state index contributed by atoms with van der Waals surface area (Å²) >= 11 is 0. The molecule has 0 aliphatic carbocycles. The molecular weight excluding hydrogens is 485 g/mol. The van der Waals surface area contributed by atoms with Crippen molar-refractivity contribution in [2.45, 2.75) is 31.4 Å². The number of amides is 1. The Morgan fingerprint density at radius 2 is 1.41 bits per heavy atom. The van der Waals surface area contributed by atoms with Crippen molar-refractivity contribution in [1.29, 1.82) is 0 Å². The largest absolute Gasteiger partial charge is 0.416 e. The van der Waals surface area contributed by atoms with Crippen molar-refractivity contribution in [3.8, 4) is 11.4 Å². The van der Waals surface area contributed by atoms with Crippen LogP contribution in [0.4, 0.5) is 45.2 Å². The second-order valence-corrected chi connectivity index (χ2v) is 6.93. The van der Waals surface area contributed by atoms with Crippen molar-refractivity contribution >= 4 is 11.6 Å². The number of halogens is 9. The van der Waals surface area contributed by atoms with E-state index in [9.17, 15) is 44.3 Å². The minimum Gasteiger partial charge on any atom is -0.339 e. The molecule has 3 aromatic rings. The van der Waals surface area contributed by atoms with Crippen LogP contribution in [0, 0.1) is 0 Å². The van der Waals surface area contributed by atoms with Crippen LogP contribution >= 0.6 is 0 Å². The molecule has 0 atom stereocenters. The van der Waals surface area contributed by atoms with Gasteiger partial charge in [-0.1, -0.05) is 17.3 Å². The molecule has 0 spiro atoms. The molecule has 34 heavy (non-hydrogen) atoms. The van der Waals surface area contributed by atoms with E-state index in [1.165, 1.54) is 6.07 Å². The van der Waals surface area contributed by atoms with Crippen LogP contribution < -0.4 is 5.32 Å². The normalized spacial score (nSPS) is 12.6. The van der Waals surface area contributed by atoms with Crippen LogP contribution in [-0.2, 0) is 29.7 Å². The van der Waals surface area contributed by atoms with Crippen LogP contribution in [0.2, 0.25) is 0 Å². The molecule has 1 amide bonds. The van der Waals surface area contributed by atoms with Crippen LogP contribution in [0.1, 0.15) is 29.0 Å². The van der Waals surface area contributed by atoms with E-state index in [1.54, 1.807) is 0 Å². The third kappa shape index (κ3) is 6.26. The number of nitrogens with zero attached hydrogens (tertiary/aromatic N) is 2. The summed E-state index contributed by atoms with van der Waals surface area (Å²) in [5.41, 5.74) is -4.88. The molecule has 0 saturated heterocycles. The first kappa shape index (κ1) is 25.1. The molecule has 182 valence electrons. The van der Waals surface area contributed by atoms with Crippen molar-refractivity contribution in [3.05, 3.63) is 65.0 Å². The predicted octanol–water partition coefficient (Wildman–Crippen LogP) is 6.36. The highest BCUT2D eigenvalue weighted by Gasteiger charge is 2.37. The monoisotopic (exact) mass is 497 g/mol. The fourth-order valence-electron chi connectivity index (χ4n) is 2.78. The summed E-state index contributed by atoms with van der Waals surface area (Å²) in [7, 11) is 0. The zero-order chi connectivity index (χ0) is 25.3. The Balaban J connectivity index is 1.69. The first-order chi connectivity index (χ1) is 15.6. The first-order valence-corrected chi connectivity index (χ1v) is 9.22. The van der Waals surface area contributed by atoms with Crippen LogP contribution in [0.3, 0.4) is 0 Å². The van der Waals surface area contributed by atoms with Gasteiger partial charge in [0, 0.05) is 24.1 Å². The van der Waals surface area contributed by atoms with Gasteiger partial charge in [0.05, 0.1) is 16.7 Å². The van der Waals surface area contributed by atoms with Gasteiger partial charge in [0.1, 0.15) is 0 Å². The summed E-state index contributed by atoms with van der Waals surface area (Å²) in [5, 5.41) is 5.46. The predicted molar refractivity (Wildman–Crippen MR) is 98.1 cm³/mol. The number of benzene rings is 2. The standard InChI is InChI=1S/C20H12F9N3O2/c21-18(22,23)11-3-1-2-10(6-11)17-31-16(34-32-17)5-4-15(33)30-14-8-12(19(24,25)26)7-13(9-14)20(27,28)29/h1-3,6-9H,4-5H2,(H,30,33). The Morgan fingerprint density at radius 3 is 1.97 bits per heavy atom. The fourth-order valence-corrected chi connectivity index (χ4v) is 2.78. The summed E-state index contributed by atoms with van der Waals surface area (Å²) in [5.74, 6) is -1.33. The van der Waals surface area contributed by atoms with Crippen molar-refractivity contribution in [2.24, 2.45) is 0 Å².